The number of aryl methyl sites for hydroxylation is 1. The van der Waals surface area contributed by atoms with E-state index in [0.29, 0.717) is 0 Å². The van der Waals surface area contributed by atoms with Crippen LogP contribution in [0.1, 0.15) is 23.5 Å². The van der Waals surface area contributed by atoms with Crippen LogP contribution >= 0.6 is 11.3 Å². The monoisotopic (exact) mass is 295 g/mol. The van der Waals surface area contributed by atoms with Crippen molar-refractivity contribution in [3.8, 4) is 0 Å². The number of likely N-dealkylation sites (tertiary alicyclic amines) is 1. The average molecular weight is 295 g/mol. The highest BCUT2D eigenvalue weighted by atomic mass is 32.1. The highest BCUT2D eigenvalue weighted by molar-refractivity contribution is 7.09. The molecule has 1 amide bonds. The third kappa shape index (κ3) is 2.87. The zero-order valence-corrected chi connectivity index (χ0v) is 12.9. The predicted molar refractivity (Wildman–Crippen MR) is 77.7 cm³/mol. The van der Waals surface area contributed by atoms with Crippen molar-refractivity contribution in [3.05, 3.63) is 16.1 Å². The summed E-state index contributed by atoms with van der Waals surface area (Å²) in [6.07, 6.45) is 2.17. The van der Waals surface area contributed by atoms with E-state index in [2.05, 4.69) is 15.3 Å². The molecule has 0 unspecified atom stereocenters. The van der Waals surface area contributed by atoms with Crippen LogP contribution in [0.5, 0.6) is 0 Å². The molecule has 0 aromatic carbocycles. The van der Waals surface area contributed by atoms with Crippen LogP contribution in [0.4, 0.5) is 0 Å². The lowest BCUT2D eigenvalue weighted by molar-refractivity contribution is -0.154. The number of fused-ring (bicyclic) bond motifs is 1. The highest BCUT2D eigenvalue weighted by Gasteiger charge is 2.36. The van der Waals surface area contributed by atoms with E-state index in [1.165, 1.54) is 0 Å². The van der Waals surface area contributed by atoms with Crippen molar-refractivity contribution in [2.24, 2.45) is 0 Å². The number of morpholine rings is 1. The molecule has 110 valence electrons. The Balaban J connectivity index is 1.63. The quantitative estimate of drug-likeness (QED) is 0.824. The smallest absolute Gasteiger partial charge is 0.248 e. The number of carbonyl (C=O) groups excluding carboxylic acids is 1. The minimum Gasteiger partial charge on any atom is -0.366 e. The summed E-state index contributed by atoms with van der Waals surface area (Å²) in [6.45, 7) is 5.20. The molecule has 2 fully saturated rings. The highest BCUT2D eigenvalue weighted by Crippen LogP contribution is 2.24. The second-order valence-corrected chi connectivity index (χ2v) is 6.70. The van der Waals surface area contributed by atoms with Gasteiger partial charge in [0.1, 0.15) is 6.61 Å². The third-order valence-electron chi connectivity index (χ3n) is 4.26. The van der Waals surface area contributed by atoms with Gasteiger partial charge in [-0.2, -0.15) is 0 Å². The van der Waals surface area contributed by atoms with Crippen LogP contribution < -0.4 is 0 Å². The van der Waals surface area contributed by atoms with Crippen molar-refractivity contribution < 1.29 is 9.53 Å². The first-order valence-corrected chi connectivity index (χ1v) is 8.02. The van der Waals surface area contributed by atoms with E-state index in [0.717, 1.165) is 43.2 Å². The maximum absolute atomic E-state index is 11.7. The number of aromatic nitrogens is 1. The van der Waals surface area contributed by atoms with E-state index in [9.17, 15) is 4.79 Å². The van der Waals surface area contributed by atoms with Crippen LogP contribution in [-0.4, -0.2) is 59.6 Å². The summed E-state index contributed by atoms with van der Waals surface area (Å²) in [7, 11) is 1.90. The van der Waals surface area contributed by atoms with Crippen molar-refractivity contribution in [1.82, 2.24) is 14.8 Å². The summed E-state index contributed by atoms with van der Waals surface area (Å²) in [6, 6.07) is 0.235. The van der Waals surface area contributed by atoms with Gasteiger partial charge in [-0.3, -0.25) is 9.69 Å². The van der Waals surface area contributed by atoms with Crippen LogP contribution in [0.3, 0.4) is 0 Å². The number of thiazole rings is 1. The number of likely N-dealkylation sites (N-methyl/N-ethyl adjacent to an activating group) is 1. The lowest BCUT2D eigenvalue weighted by Gasteiger charge is -2.37. The van der Waals surface area contributed by atoms with E-state index in [4.69, 9.17) is 4.74 Å². The molecular weight excluding hydrogens is 274 g/mol. The number of ether oxygens (including phenoxy) is 1. The van der Waals surface area contributed by atoms with Gasteiger partial charge in [0.25, 0.3) is 0 Å². The zero-order chi connectivity index (χ0) is 14.1. The number of hydrogen-bond acceptors (Lipinski definition) is 5. The molecule has 0 saturated carbocycles. The van der Waals surface area contributed by atoms with Crippen molar-refractivity contribution in [2.75, 3.05) is 26.7 Å². The first kappa shape index (κ1) is 14.0. The maximum atomic E-state index is 11.7. The number of hydrogen-bond donors (Lipinski definition) is 0. The summed E-state index contributed by atoms with van der Waals surface area (Å²) in [4.78, 5) is 20.6. The summed E-state index contributed by atoms with van der Waals surface area (Å²) >= 11 is 1.70. The minimum atomic E-state index is 0.106. The van der Waals surface area contributed by atoms with E-state index >= 15 is 0 Å². The van der Waals surface area contributed by atoms with Gasteiger partial charge in [0.05, 0.1) is 22.8 Å². The molecule has 2 aliphatic rings. The van der Waals surface area contributed by atoms with Crippen molar-refractivity contribution in [2.45, 2.75) is 38.5 Å². The number of carbonyl (C=O) groups is 1. The summed E-state index contributed by atoms with van der Waals surface area (Å²) in [5.41, 5.74) is 1.16. The molecule has 6 heteroatoms. The second-order valence-electron chi connectivity index (χ2n) is 5.63. The Morgan fingerprint density at radius 1 is 1.45 bits per heavy atom. The Bertz CT molecular complexity index is 491. The molecule has 1 aromatic heterocycles. The van der Waals surface area contributed by atoms with Gasteiger partial charge in [-0.25, -0.2) is 4.98 Å². The molecule has 3 rings (SSSR count). The topological polar surface area (TPSA) is 45.7 Å². The normalized spacial score (nSPS) is 28.3. The number of rotatable bonds is 2. The Kier molecular flexibility index (Phi) is 4.05. The van der Waals surface area contributed by atoms with Crippen LogP contribution in [0, 0.1) is 6.92 Å². The van der Waals surface area contributed by atoms with Crippen LogP contribution in [0.2, 0.25) is 0 Å². The minimum absolute atomic E-state index is 0.106. The second kappa shape index (κ2) is 5.79. The molecule has 0 spiro atoms. The van der Waals surface area contributed by atoms with Crippen LogP contribution in [-0.2, 0) is 16.1 Å². The van der Waals surface area contributed by atoms with Gasteiger partial charge in [0.15, 0.2) is 0 Å². The Labute approximate surface area is 123 Å². The first-order valence-electron chi connectivity index (χ1n) is 7.14. The summed E-state index contributed by atoms with van der Waals surface area (Å²) in [5.74, 6) is 0.106. The molecular formula is C14H21N3O2S. The molecule has 0 radical (unpaired) electrons. The molecule has 1 aromatic rings. The SMILES string of the molecule is Cc1nc(CN2CC[C@@H]3OCC(=O)N(C)[C@H]3CC2)cs1. The van der Waals surface area contributed by atoms with Crippen molar-refractivity contribution in [1.29, 1.82) is 0 Å². The van der Waals surface area contributed by atoms with Gasteiger partial charge in [-0.1, -0.05) is 0 Å². The fourth-order valence-electron chi connectivity index (χ4n) is 3.09. The Morgan fingerprint density at radius 3 is 3.00 bits per heavy atom. The van der Waals surface area contributed by atoms with Gasteiger partial charge in [-0.15, -0.1) is 11.3 Å². The van der Waals surface area contributed by atoms with E-state index in [1.807, 2.05) is 18.9 Å². The van der Waals surface area contributed by atoms with E-state index in [-0.39, 0.29) is 24.7 Å². The molecule has 20 heavy (non-hydrogen) atoms. The third-order valence-corrected chi connectivity index (χ3v) is 5.09. The Morgan fingerprint density at radius 2 is 2.25 bits per heavy atom. The van der Waals surface area contributed by atoms with Crippen LogP contribution in [0.25, 0.3) is 0 Å². The van der Waals surface area contributed by atoms with Gasteiger partial charge in [-0.05, 0) is 19.8 Å². The van der Waals surface area contributed by atoms with Crippen molar-refractivity contribution in [3.63, 3.8) is 0 Å². The lowest BCUT2D eigenvalue weighted by atomic mass is 10.0. The molecule has 0 bridgehead atoms. The molecule has 0 N–H and O–H groups in total. The molecule has 2 saturated heterocycles. The van der Waals surface area contributed by atoms with E-state index < -0.39 is 0 Å². The average Bonchev–Trinajstić information content (AvgIpc) is 2.71. The van der Waals surface area contributed by atoms with E-state index in [1.54, 1.807) is 11.3 Å². The standard InChI is InChI=1S/C14H21N3O2S/c1-10-15-11(9-20-10)7-17-5-3-12-13(4-6-17)19-8-14(18)16(12)2/h9,12-13H,3-8H2,1-2H3/t12-,13-/m0/s1. The maximum Gasteiger partial charge on any atom is 0.248 e. The molecule has 2 atom stereocenters. The van der Waals surface area contributed by atoms with Gasteiger partial charge < -0.3 is 9.64 Å². The first-order chi connectivity index (χ1) is 9.63. The van der Waals surface area contributed by atoms with Crippen LogP contribution in [0.15, 0.2) is 5.38 Å². The van der Waals surface area contributed by atoms with Gasteiger partial charge in [0, 0.05) is 32.1 Å². The van der Waals surface area contributed by atoms with Crippen molar-refractivity contribution >= 4 is 17.2 Å². The summed E-state index contributed by atoms with van der Waals surface area (Å²) in [5, 5.41) is 3.26. The molecule has 0 aliphatic carbocycles. The summed E-state index contributed by atoms with van der Waals surface area (Å²) < 4.78 is 5.72. The fourth-order valence-corrected chi connectivity index (χ4v) is 3.69. The molecule has 2 aliphatic heterocycles. The zero-order valence-electron chi connectivity index (χ0n) is 12.0. The fraction of sp³-hybridized carbons (Fsp3) is 0.714. The largest absolute Gasteiger partial charge is 0.366 e. The number of nitrogens with zero attached hydrogens (tertiary/aromatic N) is 3. The predicted octanol–water partition coefficient (Wildman–Crippen LogP) is 1.27. The number of amides is 1. The molecule has 5 nitrogen and oxygen atoms in total. The lowest BCUT2D eigenvalue weighted by Crippen LogP contribution is -2.52. The van der Waals surface area contributed by atoms with Gasteiger partial charge in [0.2, 0.25) is 5.91 Å². The Hall–Kier alpha value is -0.980. The molecule has 3 heterocycles. The van der Waals surface area contributed by atoms with Gasteiger partial charge >= 0.3 is 0 Å².